The van der Waals surface area contributed by atoms with Crippen molar-refractivity contribution >= 4 is 33.3 Å². The van der Waals surface area contributed by atoms with Crippen molar-refractivity contribution < 1.29 is 27.4 Å². The van der Waals surface area contributed by atoms with E-state index in [0.717, 1.165) is 16.9 Å². The second-order valence-electron chi connectivity index (χ2n) is 10.5. The number of ketones is 1. The van der Waals surface area contributed by atoms with Crippen LogP contribution in [0.4, 0.5) is 5.69 Å². The summed E-state index contributed by atoms with van der Waals surface area (Å²) in [5.41, 5.74) is 0.163. The molecule has 0 spiro atoms. The number of benzene rings is 2. The SMILES string of the molecule is COc1ccc(C2CSc3c(OC)cc(OC)cc3N2S(=O)(=O)CC23CCC(CC2=O)C3(C)C)cc1. The molecular formula is C27H33NO6S2. The van der Waals surface area contributed by atoms with Gasteiger partial charge in [0.15, 0.2) is 0 Å². The molecule has 2 fully saturated rings. The molecule has 7 nitrogen and oxygen atoms in total. The van der Waals surface area contributed by atoms with Crippen LogP contribution in [-0.4, -0.2) is 47.0 Å². The fraction of sp³-hybridized carbons (Fsp3) is 0.519. The first-order valence-corrected chi connectivity index (χ1v) is 14.8. The number of Topliss-reactive ketones (excluding diaryl/α,β-unsaturated/α-hetero) is 1. The van der Waals surface area contributed by atoms with Gasteiger partial charge < -0.3 is 14.2 Å². The standard InChI is InChI=1S/C27H33NO6S2/c1-26(2)18-10-11-27(26,24(29)12-18)16-36(30,31)28-21-13-20(33-4)14-23(34-5)25(21)35-15-22(28)17-6-8-19(32-3)9-7-17/h6-9,13-14,18,22H,10-12,15-16H2,1-5H3. The van der Waals surface area contributed by atoms with E-state index in [4.69, 9.17) is 14.2 Å². The fourth-order valence-electron chi connectivity index (χ4n) is 6.43. The van der Waals surface area contributed by atoms with E-state index in [1.165, 1.54) is 4.31 Å². The number of rotatable bonds is 7. The van der Waals surface area contributed by atoms with E-state index in [9.17, 15) is 13.2 Å². The van der Waals surface area contributed by atoms with Gasteiger partial charge in [-0.05, 0) is 41.9 Å². The van der Waals surface area contributed by atoms with E-state index >= 15 is 0 Å². The van der Waals surface area contributed by atoms with E-state index < -0.39 is 21.5 Å². The first-order chi connectivity index (χ1) is 17.1. The van der Waals surface area contributed by atoms with Gasteiger partial charge in [-0.15, -0.1) is 11.8 Å². The third-order valence-corrected chi connectivity index (χ3v) is 11.8. The largest absolute Gasteiger partial charge is 0.497 e. The summed E-state index contributed by atoms with van der Waals surface area (Å²) in [5, 5.41) is 0. The number of thioether (sulfide) groups is 1. The van der Waals surface area contributed by atoms with Gasteiger partial charge >= 0.3 is 0 Å². The highest BCUT2D eigenvalue weighted by molar-refractivity contribution is 8.00. The summed E-state index contributed by atoms with van der Waals surface area (Å²) in [5.74, 6) is 2.42. The van der Waals surface area contributed by atoms with Crippen LogP contribution in [0.5, 0.6) is 17.2 Å². The minimum Gasteiger partial charge on any atom is -0.497 e. The van der Waals surface area contributed by atoms with Crippen LogP contribution in [0.3, 0.4) is 0 Å². The molecule has 36 heavy (non-hydrogen) atoms. The van der Waals surface area contributed by atoms with Crippen LogP contribution in [0.2, 0.25) is 0 Å². The van der Waals surface area contributed by atoms with Gasteiger partial charge in [0.1, 0.15) is 23.0 Å². The number of hydrogen-bond donors (Lipinski definition) is 0. The van der Waals surface area contributed by atoms with Gasteiger partial charge in [-0.2, -0.15) is 0 Å². The van der Waals surface area contributed by atoms with E-state index in [0.29, 0.717) is 41.5 Å². The number of anilines is 1. The molecule has 0 saturated heterocycles. The summed E-state index contributed by atoms with van der Waals surface area (Å²) in [6.45, 7) is 4.14. The monoisotopic (exact) mass is 531 g/mol. The lowest BCUT2D eigenvalue weighted by atomic mass is 9.70. The smallest absolute Gasteiger partial charge is 0.236 e. The molecule has 0 amide bonds. The van der Waals surface area contributed by atoms with Crippen molar-refractivity contribution in [2.75, 3.05) is 37.1 Å². The number of sulfonamides is 1. The molecule has 0 radical (unpaired) electrons. The number of carbonyl (C=O) groups is 1. The Hall–Kier alpha value is -2.39. The highest BCUT2D eigenvalue weighted by Crippen LogP contribution is 2.65. The number of hydrogen-bond acceptors (Lipinski definition) is 7. The van der Waals surface area contributed by atoms with Gasteiger partial charge in [-0.25, -0.2) is 8.42 Å². The maximum absolute atomic E-state index is 14.5. The molecule has 2 aromatic carbocycles. The van der Waals surface area contributed by atoms with Gasteiger partial charge in [-0.1, -0.05) is 26.0 Å². The van der Waals surface area contributed by atoms with Crippen molar-refractivity contribution in [2.24, 2.45) is 16.7 Å². The second-order valence-corrected chi connectivity index (χ2v) is 13.4. The van der Waals surface area contributed by atoms with Crippen molar-refractivity contribution in [3.8, 4) is 17.2 Å². The van der Waals surface area contributed by atoms with Crippen molar-refractivity contribution in [1.29, 1.82) is 0 Å². The Morgan fingerprint density at radius 1 is 1.03 bits per heavy atom. The minimum atomic E-state index is -3.93. The molecular weight excluding hydrogens is 498 g/mol. The molecule has 2 bridgehead atoms. The zero-order valence-corrected chi connectivity index (χ0v) is 23.0. The molecule has 2 aromatic rings. The van der Waals surface area contributed by atoms with Crippen molar-refractivity contribution in [3.63, 3.8) is 0 Å². The van der Waals surface area contributed by atoms with Crippen molar-refractivity contribution in [2.45, 2.75) is 44.0 Å². The average Bonchev–Trinajstić information content (AvgIpc) is 3.21. The number of methoxy groups -OCH3 is 3. The summed E-state index contributed by atoms with van der Waals surface area (Å²) in [6.07, 6.45) is 1.98. The molecule has 1 aliphatic heterocycles. The zero-order valence-electron chi connectivity index (χ0n) is 21.4. The molecule has 3 aliphatic rings. The van der Waals surface area contributed by atoms with Gasteiger partial charge in [-0.3, -0.25) is 9.10 Å². The average molecular weight is 532 g/mol. The minimum absolute atomic E-state index is 0.0863. The summed E-state index contributed by atoms with van der Waals surface area (Å²) in [7, 11) is 0.789. The topological polar surface area (TPSA) is 82.1 Å². The Balaban J connectivity index is 1.66. The van der Waals surface area contributed by atoms with Crippen molar-refractivity contribution in [3.05, 3.63) is 42.0 Å². The first-order valence-electron chi connectivity index (χ1n) is 12.2. The number of fused-ring (bicyclic) bond motifs is 3. The molecule has 9 heteroatoms. The molecule has 0 aromatic heterocycles. The van der Waals surface area contributed by atoms with E-state index in [1.807, 2.05) is 24.3 Å². The van der Waals surface area contributed by atoms with E-state index in [1.54, 1.807) is 45.2 Å². The Morgan fingerprint density at radius 2 is 1.72 bits per heavy atom. The Kier molecular flexibility index (Phi) is 6.23. The van der Waals surface area contributed by atoms with Crippen LogP contribution in [0.15, 0.2) is 41.3 Å². The fourth-order valence-corrected chi connectivity index (χ4v) is 10.3. The van der Waals surface area contributed by atoms with Crippen LogP contribution in [0.25, 0.3) is 0 Å². The van der Waals surface area contributed by atoms with Crippen LogP contribution in [0, 0.1) is 16.7 Å². The lowest BCUT2D eigenvalue weighted by molar-refractivity contribution is -0.128. The molecule has 1 heterocycles. The Bertz CT molecular complexity index is 1290. The predicted molar refractivity (Wildman–Crippen MR) is 141 cm³/mol. The highest BCUT2D eigenvalue weighted by Gasteiger charge is 2.66. The normalized spacial score (nSPS) is 26.6. The molecule has 5 rings (SSSR count). The summed E-state index contributed by atoms with van der Waals surface area (Å²) in [4.78, 5) is 14.0. The third-order valence-electron chi connectivity index (χ3n) is 8.74. The lowest BCUT2D eigenvalue weighted by Gasteiger charge is -2.42. The molecule has 3 unspecified atom stereocenters. The third kappa shape index (κ3) is 3.69. The van der Waals surface area contributed by atoms with Gasteiger partial charge in [0.25, 0.3) is 0 Å². The van der Waals surface area contributed by atoms with Gasteiger partial charge in [0.2, 0.25) is 10.0 Å². The van der Waals surface area contributed by atoms with Crippen LogP contribution in [-0.2, 0) is 14.8 Å². The van der Waals surface area contributed by atoms with Crippen LogP contribution < -0.4 is 18.5 Å². The summed E-state index contributed by atoms with van der Waals surface area (Å²) >= 11 is 1.56. The van der Waals surface area contributed by atoms with Crippen LogP contribution in [0.1, 0.15) is 44.7 Å². The van der Waals surface area contributed by atoms with Crippen LogP contribution >= 0.6 is 11.8 Å². The number of carbonyl (C=O) groups excluding carboxylic acids is 1. The molecule has 2 saturated carbocycles. The molecule has 3 atom stereocenters. The van der Waals surface area contributed by atoms with Gasteiger partial charge in [0, 0.05) is 24.3 Å². The number of ether oxygens (including phenoxy) is 3. The molecule has 0 N–H and O–H groups in total. The molecule has 2 aliphatic carbocycles. The predicted octanol–water partition coefficient (Wildman–Crippen LogP) is 5.09. The maximum Gasteiger partial charge on any atom is 0.236 e. The van der Waals surface area contributed by atoms with Gasteiger partial charge in [0.05, 0.1) is 49.1 Å². The highest BCUT2D eigenvalue weighted by atomic mass is 32.2. The van der Waals surface area contributed by atoms with E-state index in [2.05, 4.69) is 13.8 Å². The quantitative estimate of drug-likeness (QED) is 0.492. The number of nitrogens with zero attached hydrogens (tertiary/aromatic N) is 1. The maximum atomic E-state index is 14.5. The second kappa shape index (κ2) is 8.87. The Labute approximate surface area is 217 Å². The zero-order chi connectivity index (χ0) is 25.9. The first kappa shape index (κ1) is 25.3. The molecule has 194 valence electrons. The summed E-state index contributed by atoms with van der Waals surface area (Å²) < 4.78 is 46.9. The lowest BCUT2D eigenvalue weighted by Crippen LogP contribution is -2.48. The Morgan fingerprint density at radius 3 is 2.28 bits per heavy atom. The summed E-state index contributed by atoms with van der Waals surface area (Å²) in [6, 6.07) is 10.6. The van der Waals surface area contributed by atoms with E-state index in [-0.39, 0.29) is 22.9 Å². The van der Waals surface area contributed by atoms with Crippen molar-refractivity contribution in [1.82, 2.24) is 0 Å².